The maximum absolute atomic E-state index is 11.1. The molecule has 2 heteroatoms. The standard InChI is InChI=1S/C13H24O2/c1-3-5-7-8-9-10-12-15-13(14)11-6-4-2/h5,7H,3-4,6,8-12H2,1-2H3/b7-5-. The lowest BCUT2D eigenvalue weighted by molar-refractivity contribution is -0.143. The molecule has 0 aliphatic rings. The molecule has 0 atom stereocenters. The summed E-state index contributed by atoms with van der Waals surface area (Å²) in [6, 6.07) is 0. The van der Waals surface area contributed by atoms with Crippen molar-refractivity contribution in [3.63, 3.8) is 0 Å². The fourth-order valence-corrected chi connectivity index (χ4v) is 1.23. The molecule has 0 aromatic rings. The van der Waals surface area contributed by atoms with Crippen LogP contribution in [-0.4, -0.2) is 12.6 Å². The summed E-state index contributed by atoms with van der Waals surface area (Å²) in [5, 5.41) is 0. The highest BCUT2D eigenvalue weighted by Gasteiger charge is 2.00. The molecular formula is C13H24O2. The third kappa shape index (κ3) is 11.1. The molecule has 0 N–H and O–H groups in total. The van der Waals surface area contributed by atoms with Crippen molar-refractivity contribution in [1.82, 2.24) is 0 Å². The molecule has 2 nitrogen and oxygen atoms in total. The molecular weight excluding hydrogens is 188 g/mol. The second-order valence-electron chi connectivity index (χ2n) is 3.70. The zero-order valence-corrected chi connectivity index (χ0v) is 10.1. The summed E-state index contributed by atoms with van der Waals surface area (Å²) in [5.41, 5.74) is 0. The van der Waals surface area contributed by atoms with E-state index >= 15 is 0 Å². The van der Waals surface area contributed by atoms with E-state index in [2.05, 4.69) is 26.0 Å². The fourth-order valence-electron chi connectivity index (χ4n) is 1.23. The molecule has 88 valence electrons. The number of allylic oxidation sites excluding steroid dienone is 2. The maximum Gasteiger partial charge on any atom is 0.305 e. The van der Waals surface area contributed by atoms with Crippen molar-refractivity contribution in [2.75, 3.05) is 6.61 Å². The molecule has 0 bridgehead atoms. The molecule has 0 heterocycles. The van der Waals surface area contributed by atoms with Crippen molar-refractivity contribution in [2.45, 2.75) is 58.8 Å². The molecule has 0 aliphatic heterocycles. The van der Waals surface area contributed by atoms with Gasteiger partial charge in [-0.05, 0) is 32.1 Å². The molecule has 15 heavy (non-hydrogen) atoms. The Morgan fingerprint density at radius 1 is 1.13 bits per heavy atom. The Hall–Kier alpha value is -0.790. The van der Waals surface area contributed by atoms with Gasteiger partial charge in [-0.15, -0.1) is 0 Å². The quantitative estimate of drug-likeness (QED) is 0.329. The first-order valence-electron chi connectivity index (χ1n) is 6.11. The van der Waals surface area contributed by atoms with E-state index in [0.717, 1.165) is 38.5 Å². The molecule has 0 aromatic heterocycles. The smallest absolute Gasteiger partial charge is 0.305 e. The second kappa shape index (κ2) is 11.3. The van der Waals surface area contributed by atoms with E-state index in [-0.39, 0.29) is 5.97 Å². The zero-order valence-electron chi connectivity index (χ0n) is 10.1. The lowest BCUT2D eigenvalue weighted by Gasteiger charge is -2.03. The largest absolute Gasteiger partial charge is 0.466 e. The average molecular weight is 212 g/mol. The minimum Gasteiger partial charge on any atom is -0.466 e. The number of carbonyl (C=O) groups is 1. The maximum atomic E-state index is 11.1. The Morgan fingerprint density at radius 2 is 1.93 bits per heavy atom. The molecule has 0 aliphatic carbocycles. The molecule has 0 spiro atoms. The first kappa shape index (κ1) is 14.2. The van der Waals surface area contributed by atoms with Crippen LogP contribution in [-0.2, 0) is 9.53 Å². The van der Waals surface area contributed by atoms with Crippen LogP contribution in [0, 0.1) is 0 Å². The predicted octanol–water partition coefficient (Wildman–Crippen LogP) is 3.86. The fraction of sp³-hybridized carbons (Fsp3) is 0.769. The topological polar surface area (TPSA) is 26.3 Å². The Balaban J connectivity index is 3.16. The Morgan fingerprint density at radius 3 is 2.60 bits per heavy atom. The summed E-state index contributed by atoms with van der Waals surface area (Å²) >= 11 is 0. The summed E-state index contributed by atoms with van der Waals surface area (Å²) < 4.78 is 5.09. The summed E-state index contributed by atoms with van der Waals surface area (Å²) in [6.45, 7) is 4.79. The lowest BCUT2D eigenvalue weighted by Crippen LogP contribution is -2.05. The number of hydrogen-bond donors (Lipinski definition) is 0. The van der Waals surface area contributed by atoms with Crippen LogP contribution in [0.2, 0.25) is 0 Å². The van der Waals surface area contributed by atoms with E-state index in [4.69, 9.17) is 4.74 Å². The minimum absolute atomic E-state index is 0.0408. The van der Waals surface area contributed by atoms with Gasteiger partial charge < -0.3 is 4.74 Å². The van der Waals surface area contributed by atoms with Gasteiger partial charge in [-0.2, -0.15) is 0 Å². The van der Waals surface area contributed by atoms with Gasteiger partial charge in [-0.25, -0.2) is 0 Å². The lowest BCUT2D eigenvalue weighted by atomic mass is 10.2. The van der Waals surface area contributed by atoms with Crippen LogP contribution in [0.4, 0.5) is 0 Å². The van der Waals surface area contributed by atoms with Gasteiger partial charge in [0.1, 0.15) is 0 Å². The highest BCUT2D eigenvalue weighted by molar-refractivity contribution is 5.69. The number of esters is 1. The number of ether oxygens (including phenoxy) is 1. The van der Waals surface area contributed by atoms with E-state index in [9.17, 15) is 4.79 Å². The number of unbranched alkanes of at least 4 members (excludes halogenated alkanes) is 3. The predicted molar refractivity (Wildman–Crippen MR) is 63.8 cm³/mol. The summed E-state index contributed by atoms with van der Waals surface area (Å²) in [7, 11) is 0. The monoisotopic (exact) mass is 212 g/mol. The SMILES string of the molecule is CC/C=C\CCCCOC(=O)CCCC. The highest BCUT2D eigenvalue weighted by atomic mass is 16.5. The van der Waals surface area contributed by atoms with Crippen LogP contribution in [0.15, 0.2) is 12.2 Å². The van der Waals surface area contributed by atoms with E-state index < -0.39 is 0 Å². The van der Waals surface area contributed by atoms with Gasteiger partial charge in [0.2, 0.25) is 0 Å². The summed E-state index contributed by atoms with van der Waals surface area (Å²) in [6.07, 6.45) is 11.2. The molecule has 0 amide bonds. The van der Waals surface area contributed by atoms with Gasteiger partial charge in [0.05, 0.1) is 6.61 Å². The molecule has 0 fully saturated rings. The molecule has 0 unspecified atom stereocenters. The molecule has 0 radical (unpaired) electrons. The number of carbonyl (C=O) groups excluding carboxylic acids is 1. The molecule has 0 rings (SSSR count). The highest BCUT2D eigenvalue weighted by Crippen LogP contribution is 2.01. The van der Waals surface area contributed by atoms with Crippen molar-refractivity contribution in [3.8, 4) is 0 Å². The zero-order chi connectivity index (χ0) is 11.4. The van der Waals surface area contributed by atoms with Crippen molar-refractivity contribution in [2.24, 2.45) is 0 Å². The number of rotatable bonds is 9. The van der Waals surface area contributed by atoms with Crippen LogP contribution in [0.25, 0.3) is 0 Å². The first-order valence-corrected chi connectivity index (χ1v) is 6.11. The van der Waals surface area contributed by atoms with Gasteiger partial charge in [0.15, 0.2) is 0 Å². The van der Waals surface area contributed by atoms with Gasteiger partial charge in [0.25, 0.3) is 0 Å². The average Bonchev–Trinajstić information content (AvgIpc) is 2.25. The van der Waals surface area contributed by atoms with Crippen LogP contribution < -0.4 is 0 Å². The normalized spacial score (nSPS) is 10.8. The summed E-state index contributed by atoms with van der Waals surface area (Å²) in [4.78, 5) is 11.1. The first-order chi connectivity index (χ1) is 7.31. The van der Waals surface area contributed by atoms with E-state index in [1.807, 2.05) is 0 Å². The van der Waals surface area contributed by atoms with Crippen LogP contribution in [0.5, 0.6) is 0 Å². The van der Waals surface area contributed by atoms with Crippen molar-refractivity contribution >= 4 is 5.97 Å². The van der Waals surface area contributed by atoms with Crippen molar-refractivity contribution in [1.29, 1.82) is 0 Å². The van der Waals surface area contributed by atoms with Crippen molar-refractivity contribution in [3.05, 3.63) is 12.2 Å². The van der Waals surface area contributed by atoms with Crippen LogP contribution >= 0.6 is 0 Å². The minimum atomic E-state index is -0.0408. The third-order valence-corrected chi connectivity index (χ3v) is 2.17. The van der Waals surface area contributed by atoms with E-state index in [1.54, 1.807) is 0 Å². The Bertz CT molecular complexity index is 173. The van der Waals surface area contributed by atoms with Crippen molar-refractivity contribution < 1.29 is 9.53 Å². The van der Waals surface area contributed by atoms with Gasteiger partial charge in [-0.3, -0.25) is 4.79 Å². The molecule has 0 aromatic carbocycles. The van der Waals surface area contributed by atoms with Gasteiger partial charge in [-0.1, -0.05) is 32.4 Å². The van der Waals surface area contributed by atoms with Gasteiger partial charge in [0, 0.05) is 6.42 Å². The Labute approximate surface area is 93.7 Å². The van der Waals surface area contributed by atoms with Crippen LogP contribution in [0.3, 0.4) is 0 Å². The Kier molecular flexibility index (Phi) is 10.7. The molecule has 0 saturated heterocycles. The second-order valence-corrected chi connectivity index (χ2v) is 3.70. The number of hydrogen-bond acceptors (Lipinski definition) is 2. The molecule has 0 saturated carbocycles. The third-order valence-electron chi connectivity index (χ3n) is 2.17. The summed E-state index contributed by atoms with van der Waals surface area (Å²) in [5.74, 6) is -0.0408. The van der Waals surface area contributed by atoms with E-state index in [1.165, 1.54) is 0 Å². The van der Waals surface area contributed by atoms with Gasteiger partial charge >= 0.3 is 5.97 Å². The van der Waals surface area contributed by atoms with E-state index in [0.29, 0.717) is 13.0 Å². The van der Waals surface area contributed by atoms with Crippen LogP contribution in [0.1, 0.15) is 58.8 Å².